The van der Waals surface area contributed by atoms with Crippen LogP contribution in [0.25, 0.3) is 0 Å². The van der Waals surface area contributed by atoms with E-state index < -0.39 is 27.9 Å². The summed E-state index contributed by atoms with van der Waals surface area (Å²) in [6.07, 6.45) is 0. The van der Waals surface area contributed by atoms with Gasteiger partial charge in [0.2, 0.25) is 15.9 Å². The first-order valence-electron chi connectivity index (χ1n) is 9.92. The van der Waals surface area contributed by atoms with Crippen LogP contribution in [0.5, 0.6) is 0 Å². The molecule has 1 fully saturated rings. The number of aromatic amines is 1. The molecule has 2 aliphatic rings. The summed E-state index contributed by atoms with van der Waals surface area (Å²) in [6, 6.07) is 5.49. The first kappa shape index (κ1) is 21.2. The Bertz CT molecular complexity index is 1130. The highest BCUT2D eigenvalue weighted by Gasteiger charge is 2.42. The molecule has 1 atom stereocenters. The summed E-state index contributed by atoms with van der Waals surface area (Å²) in [7, 11) is -3.74. The van der Waals surface area contributed by atoms with Crippen LogP contribution in [0.2, 0.25) is 0 Å². The smallest absolute Gasteiger partial charge is 0.262 e. The maximum atomic E-state index is 13.0. The summed E-state index contributed by atoms with van der Waals surface area (Å²) in [6.45, 7) is 5.37. The fraction of sp³-hybridized carbons (Fsp3) is 0.400. The zero-order valence-electron chi connectivity index (χ0n) is 17.5. The Balaban J connectivity index is 1.45. The molecule has 2 aromatic rings. The van der Waals surface area contributed by atoms with Gasteiger partial charge in [0.05, 0.1) is 22.5 Å². The van der Waals surface area contributed by atoms with Crippen molar-refractivity contribution in [3.8, 4) is 0 Å². The van der Waals surface area contributed by atoms with Crippen LogP contribution in [0, 0.1) is 13.8 Å². The van der Waals surface area contributed by atoms with Crippen LogP contribution in [0.1, 0.15) is 39.0 Å². The Labute approximate surface area is 179 Å². The number of aryl methyl sites for hydroxylation is 2. The van der Waals surface area contributed by atoms with Crippen molar-refractivity contribution in [1.29, 1.82) is 0 Å². The van der Waals surface area contributed by atoms with E-state index in [1.54, 1.807) is 38.1 Å². The second kappa shape index (κ2) is 7.57. The predicted octanol–water partition coefficient (Wildman–Crippen LogP) is 0.544. The molecule has 0 bridgehead atoms. The topological polar surface area (TPSA) is 124 Å². The summed E-state index contributed by atoms with van der Waals surface area (Å²) < 4.78 is 27.3. The van der Waals surface area contributed by atoms with Crippen LogP contribution in [0.15, 0.2) is 29.2 Å². The minimum Gasteiger partial charge on any atom is -0.338 e. The van der Waals surface area contributed by atoms with Gasteiger partial charge in [-0.05, 0) is 32.9 Å². The fourth-order valence-corrected chi connectivity index (χ4v) is 5.89. The fourth-order valence-electron chi connectivity index (χ4n) is 4.13. The minimum atomic E-state index is -3.74. The summed E-state index contributed by atoms with van der Waals surface area (Å²) in [4.78, 5) is 41.0. The minimum absolute atomic E-state index is 0.118. The monoisotopic (exact) mass is 445 g/mol. The number of sulfonamides is 1. The van der Waals surface area contributed by atoms with E-state index in [0.717, 1.165) is 4.90 Å². The SMILES string of the molecule is Cc1n[nH]c(C)c1S(=O)(=O)N1CCN(C(=O)C(C)N2C(=O)c3ccccc3C2=O)CC1. The number of nitrogens with one attached hydrogen (secondary N) is 1. The molecule has 4 rings (SSSR count). The molecule has 3 amide bonds. The highest BCUT2D eigenvalue weighted by molar-refractivity contribution is 7.89. The van der Waals surface area contributed by atoms with E-state index in [1.165, 1.54) is 16.1 Å². The molecule has 1 aromatic carbocycles. The molecule has 3 heterocycles. The van der Waals surface area contributed by atoms with Crippen molar-refractivity contribution in [2.45, 2.75) is 31.7 Å². The normalized spacial score (nSPS) is 18.4. The molecule has 0 radical (unpaired) electrons. The number of H-pyrrole nitrogens is 1. The molecule has 164 valence electrons. The molecule has 1 N–H and O–H groups in total. The van der Waals surface area contributed by atoms with Gasteiger partial charge in [0.1, 0.15) is 10.9 Å². The Kier molecular flexibility index (Phi) is 5.18. The van der Waals surface area contributed by atoms with E-state index in [9.17, 15) is 22.8 Å². The number of hydrogen-bond acceptors (Lipinski definition) is 6. The average molecular weight is 446 g/mol. The maximum absolute atomic E-state index is 13.0. The lowest BCUT2D eigenvalue weighted by molar-refractivity contribution is -0.136. The molecular weight excluding hydrogens is 422 g/mol. The van der Waals surface area contributed by atoms with Crippen molar-refractivity contribution in [2.75, 3.05) is 26.2 Å². The molecule has 2 aliphatic heterocycles. The van der Waals surface area contributed by atoms with E-state index in [-0.39, 0.29) is 48.1 Å². The molecule has 0 spiro atoms. The molecule has 11 heteroatoms. The lowest BCUT2D eigenvalue weighted by Crippen LogP contribution is -2.56. The number of aromatic nitrogens is 2. The highest BCUT2D eigenvalue weighted by atomic mass is 32.2. The number of imide groups is 1. The van der Waals surface area contributed by atoms with E-state index in [1.807, 2.05) is 0 Å². The number of hydrogen-bond donors (Lipinski definition) is 1. The Morgan fingerprint density at radius 1 is 1.03 bits per heavy atom. The zero-order valence-corrected chi connectivity index (χ0v) is 18.3. The number of carbonyl (C=O) groups excluding carboxylic acids is 3. The highest BCUT2D eigenvalue weighted by Crippen LogP contribution is 2.26. The van der Waals surface area contributed by atoms with Crippen LogP contribution in [0.3, 0.4) is 0 Å². The van der Waals surface area contributed by atoms with E-state index >= 15 is 0 Å². The molecule has 1 aromatic heterocycles. The van der Waals surface area contributed by atoms with Gasteiger partial charge < -0.3 is 4.90 Å². The number of fused-ring (bicyclic) bond motifs is 1. The maximum Gasteiger partial charge on any atom is 0.262 e. The van der Waals surface area contributed by atoms with Crippen molar-refractivity contribution in [1.82, 2.24) is 24.3 Å². The number of benzene rings is 1. The van der Waals surface area contributed by atoms with Crippen LogP contribution in [0.4, 0.5) is 0 Å². The first-order valence-corrected chi connectivity index (χ1v) is 11.4. The number of piperazine rings is 1. The Morgan fingerprint density at radius 3 is 2.06 bits per heavy atom. The van der Waals surface area contributed by atoms with Gasteiger partial charge in [-0.25, -0.2) is 8.42 Å². The lowest BCUT2D eigenvalue weighted by Gasteiger charge is -2.36. The van der Waals surface area contributed by atoms with E-state index in [2.05, 4.69) is 10.2 Å². The van der Waals surface area contributed by atoms with Crippen LogP contribution in [-0.2, 0) is 14.8 Å². The summed E-state index contributed by atoms with van der Waals surface area (Å²) in [5.74, 6) is -1.37. The third kappa shape index (κ3) is 3.33. The third-order valence-electron chi connectivity index (χ3n) is 5.78. The van der Waals surface area contributed by atoms with Crippen molar-refractivity contribution in [2.24, 2.45) is 0 Å². The molecular formula is C20H23N5O5S. The van der Waals surface area contributed by atoms with Gasteiger partial charge in [0.15, 0.2) is 0 Å². The third-order valence-corrected chi connectivity index (χ3v) is 7.94. The zero-order chi connectivity index (χ0) is 22.5. The van der Waals surface area contributed by atoms with E-state index in [4.69, 9.17) is 0 Å². The second-order valence-electron chi connectivity index (χ2n) is 7.69. The van der Waals surface area contributed by atoms with Gasteiger partial charge >= 0.3 is 0 Å². The molecule has 10 nitrogen and oxygen atoms in total. The summed E-state index contributed by atoms with van der Waals surface area (Å²) >= 11 is 0. The predicted molar refractivity (Wildman–Crippen MR) is 110 cm³/mol. The average Bonchev–Trinajstić information content (AvgIpc) is 3.23. The Morgan fingerprint density at radius 2 is 1.58 bits per heavy atom. The molecule has 31 heavy (non-hydrogen) atoms. The van der Waals surface area contributed by atoms with Crippen molar-refractivity contribution in [3.63, 3.8) is 0 Å². The van der Waals surface area contributed by atoms with Crippen LogP contribution in [-0.4, -0.2) is 82.7 Å². The van der Waals surface area contributed by atoms with Crippen molar-refractivity contribution in [3.05, 3.63) is 46.8 Å². The van der Waals surface area contributed by atoms with Crippen LogP contribution >= 0.6 is 0 Å². The van der Waals surface area contributed by atoms with Crippen LogP contribution < -0.4 is 0 Å². The summed E-state index contributed by atoms with van der Waals surface area (Å²) in [5, 5.41) is 6.64. The molecule has 1 saturated heterocycles. The number of amides is 3. The second-order valence-corrected chi connectivity index (χ2v) is 9.57. The molecule has 0 saturated carbocycles. The standard InChI is InChI=1S/C20H23N5O5S/c1-12-17(13(2)22-21-12)31(29,30)24-10-8-23(9-11-24)18(26)14(3)25-19(27)15-6-4-5-7-16(15)20(25)28/h4-7,14H,8-11H2,1-3H3,(H,21,22). The number of rotatable bonds is 4. The van der Waals surface area contributed by atoms with Gasteiger partial charge in [-0.1, -0.05) is 12.1 Å². The van der Waals surface area contributed by atoms with Crippen molar-refractivity contribution >= 4 is 27.7 Å². The Hall–Kier alpha value is -3.05. The number of carbonyl (C=O) groups is 3. The lowest BCUT2D eigenvalue weighted by atomic mass is 10.1. The molecule has 1 unspecified atom stereocenters. The van der Waals surface area contributed by atoms with Crippen molar-refractivity contribution < 1.29 is 22.8 Å². The molecule has 0 aliphatic carbocycles. The van der Waals surface area contributed by atoms with Gasteiger partial charge in [-0.2, -0.15) is 9.40 Å². The van der Waals surface area contributed by atoms with Gasteiger partial charge in [-0.15, -0.1) is 0 Å². The number of nitrogens with zero attached hydrogens (tertiary/aromatic N) is 4. The quantitative estimate of drug-likeness (QED) is 0.686. The van der Waals surface area contributed by atoms with E-state index in [0.29, 0.717) is 11.4 Å². The summed E-state index contributed by atoms with van der Waals surface area (Å²) in [5.41, 5.74) is 1.44. The van der Waals surface area contributed by atoms with Gasteiger partial charge in [0.25, 0.3) is 11.8 Å². The van der Waals surface area contributed by atoms with Gasteiger partial charge in [0, 0.05) is 26.2 Å². The largest absolute Gasteiger partial charge is 0.338 e. The van der Waals surface area contributed by atoms with Gasteiger partial charge in [-0.3, -0.25) is 24.4 Å². The first-order chi connectivity index (χ1) is 14.6.